The van der Waals surface area contributed by atoms with Gasteiger partial charge in [0, 0.05) is 22.9 Å². The van der Waals surface area contributed by atoms with Gasteiger partial charge >= 0.3 is 5.97 Å². The third-order valence-electron chi connectivity index (χ3n) is 3.65. The normalized spacial score (nSPS) is 13.3. The van der Waals surface area contributed by atoms with Crippen molar-refractivity contribution in [2.75, 3.05) is 7.11 Å². The van der Waals surface area contributed by atoms with Crippen LogP contribution in [0.15, 0.2) is 22.5 Å². The molecule has 0 aromatic carbocycles. The van der Waals surface area contributed by atoms with E-state index in [9.17, 15) is 14.7 Å². The summed E-state index contributed by atoms with van der Waals surface area (Å²) in [5.41, 5.74) is 0.448. The second-order valence-corrected chi connectivity index (χ2v) is 7.15. The van der Waals surface area contributed by atoms with Crippen LogP contribution in [0.3, 0.4) is 0 Å². The van der Waals surface area contributed by atoms with E-state index in [4.69, 9.17) is 0 Å². The molecule has 26 heavy (non-hydrogen) atoms. The Morgan fingerprint density at radius 1 is 1.31 bits per heavy atom. The number of unbranched alkanes of at least 4 members (excludes halogenated alkanes) is 1. The highest BCUT2D eigenvalue weighted by molar-refractivity contribution is 8.05. The topological polar surface area (TPSA) is 75.6 Å². The SMILES string of the molecule is C=C(S/C=C(\C)C(=O)OC)C(O)CC(NC(=O)CCCC)C(C)C.CC. The average molecular weight is 388 g/mol. The van der Waals surface area contributed by atoms with E-state index in [1.54, 1.807) is 12.3 Å². The second-order valence-electron chi connectivity index (χ2n) is 6.15. The molecule has 0 radical (unpaired) electrons. The minimum atomic E-state index is -0.768. The van der Waals surface area contributed by atoms with Crippen LogP contribution in [0.1, 0.15) is 67.2 Å². The number of thioether (sulfide) groups is 1. The van der Waals surface area contributed by atoms with Crippen molar-refractivity contribution in [1.29, 1.82) is 0 Å². The van der Waals surface area contributed by atoms with Crippen molar-refractivity contribution in [2.45, 2.75) is 79.4 Å². The predicted octanol–water partition coefficient (Wildman–Crippen LogP) is 4.42. The van der Waals surface area contributed by atoms with Gasteiger partial charge in [-0.05, 0) is 31.1 Å². The first-order valence-corrected chi connectivity index (χ1v) is 10.2. The van der Waals surface area contributed by atoms with E-state index < -0.39 is 12.1 Å². The number of carbonyl (C=O) groups excluding carboxylic acids is 2. The molecule has 0 fully saturated rings. The van der Waals surface area contributed by atoms with E-state index in [1.807, 2.05) is 34.6 Å². The van der Waals surface area contributed by atoms with Crippen molar-refractivity contribution >= 4 is 23.6 Å². The van der Waals surface area contributed by atoms with Crippen molar-refractivity contribution in [3.63, 3.8) is 0 Å². The highest BCUT2D eigenvalue weighted by atomic mass is 32.2. The predicted molar refractivity (Wildman–Crippen MR) is 111 cm³/mol. The Bertz CT molecular complexity index is 461. The summed E-state index contributed by atoms with van der Waals surface area (Å²) in [4.78, 5) is 23.8. The van der Waals surface area contributed by atoms with Gasteiger partial charge in [0.1, 0.15) is 0 Å². The van der Waals surface area contributed by atoms with Crippen LogP contribution in [0, 0.1) is 5.92 Å². The number of hydrogen-bond acceptors (Lipinski definition) is 5. The number of esters is 1. The first-order chi connectivity index (χ1) is 12.2. The number of amides is 1. The molecule has 0 saturated carbocycles. The lowest BCUT2D eigenvalue weighted by Gasteiger charge is -2.25. The van der Waals surface area contributed by atoms with Gasteiger partial charge in [0.05, 0.1) is 13.2 Å². The number of aliphatic hydroxyl groups excluding tert-OH is 1. The van der Waals surface area contributed by atoms with Gasteiger partial charge in [-0.1, -0.05) is 59.4 Å². The lowest BCUT2D eigenvalue weighted by molar-refractivity contribution is -0.136. The number of hydrogen-bond donors (Lipinski definition) is 2. The smallest absolute Gasteiger partial charge is 0.333 e. The van der Waals surface area contributed by atoms with E-state index in [0.717, 1.165) is 12.8 Å². The summed E-state index contributed by atoms with van der Waals surface area (Å²) < 4.78 is 4.62. The van der Waals surface area contributed by atoms with Crippen LogP contribution in [-0.2, 0) is 14.3 Å². The van der Waals surface area contributed by atoms with Gasteiger partial charge < -0.3 is 15.2 Å². The zero-order valence-electron chi connectivity index (χ0n) is 17.4. The molecule has 5 nitrogen and oxygen atoms in total. The van der Waals surface area contributed by atoms with Crippen LogP contribution in [0.2, 0.25) is 0 Å². The number of nitrogens with one attached hydrogen (secondary N) is 1. The third kappa shape index (κ3) is 12.1. The van der Waals surface area contributed by atoms with Crippen molar-refractivity contribution < 1.29 is 19.4 Å². The molecule has 0 aromatic rings. The molecule has 152 valence electrons. The minimum Gasteiger partial charge on any atom is -0.466 e. The molecule has 0 aliphatic carbocycles. The molecule has 0 heterocycles. The summed E-state index contributed by atoms with van der Waals surface area (Å²) in [7, 11) is 1.32. The first kappa shape index (κ1) is 27.0. The van der Waals surface area contributed by atoms with Gasteiger partial charge in [0.2, 0.25) is 5.91 Å². The molecule has 1 amide bonds. The highest BCUT2D eigenvalue weighted by Crippen LogP contribution is 2.24. The number of methoxy groups -OCH3 is 1. The molecule has 0 saturated heterocycles. The van der Waals surface area contributed by atoms with Gasteiger partial charge in [-0.2, -0.15) is 0 Å². The van der Waals surface area contributed by atoms with Crippen LogP contribution in [0.4, 0.5) is 0 Å². The molecule has 0 bridgehead atoms. The van der Waals surface area contributed by atoms with Crippen molar-refractivity contribution in [1.82, 2.24) is 5.32 Å². The molecule has 0 rings (SSSR count). The molecule has 0 aromatic heterocycles. The Balaban J connectivity index is 0. The number of aliphatic hydroxyl groups is 1. The second kappa shape index (κ2) is 15.9. The third-order valence-corrected chi connectivity index (χ3v) is 4.70. The summed E-state index contributed by atoms with van der Waals surface area (Å²) in [6, 6.07) is -0.118. The number of ether oxygens (including phenoxy) is 1. The molecule has 6 heteroatoms. The Hall–Kier alpha value is -1.27. The van der Waals surface area contributed by atoms with Crippen LogP contribution in [0.5, 0.6) is 0 Å². The van der Waals surface area contributed by atoms with Gasteiger partial charge in [-0.15, -0.1) is 0 Å². The van der Waals surface area contributed by atoms with Crippen LogP contribution >= 0.6 is 11.8 Å². The minimum absolute atomic E-state index is 0.0162. The molecular formula is C20H37NO4S. The maximum absolute atomic E-state index is 11.9. The molecule has 2 unspecified atom stereocenters. The molecular weight excluding hydrogens is 350 g/mol. The van der Waals surface area contributed by atoms with Crippen LogP contribution in [-0.4, -0.2) is 36.2 Å². The van der Waals surface area contributed by atoms with Crippen LogP contribution < -0.4 is 5.32 Å². The lowest BCUT2D eigenvalue weighted by atomic mass is 9.97. The maximum Gasteiger partial charge on any atom is 0.333 e. The summed E-state index contributed by atoms with van der Waals surface area (Å²) in [6.07, 6.45) is 1.97. The Kier molecular flexibility index (Phi) is 16.5. The van der Waals surface area contributed by atoms with Crippen molar-refractivity contribution in [2.24, 2.45) is 5.92 Å². The van der Waals surface area contributed by atoms with E-state index in [2.05, 4.69) is 16.6 Å². The molecule has 0 aliphatic rings. The van der Waals surface area contributed by atoms with Crippen molar-refractivity contribution in [3.05, 3.63) is 22.5 Å². The molecule has 0 spiro atoms. The quantitative estimate of drug-likeness (QED) is 0.405. The fourth-order valence-corrected chi connectivity index (χ4v) is 2.62. The monoisotopic (exact) mass is 387 g/mol. The number of rotatable bonds is 11. The van der Waals surface area contributed by atoms with Crippen LogP contribution in [0.25, 0.3) is 0 Å². The average Bonchev–Trinajstić information content (AvgIpc) is 2.63. The largest absolute Gasteiger partial charge is 0.466 e. The Morgan fingerprint density at radius 3 is 2.35 bits per heavy atom. The van der Waals surface area contributed by atoms with Gasteiger partial charge in [-0.3, -0.25) is 4.79 Å². The zero-order valence-corrected chi connectivity index (χ0v) is 18.2. The maximum atomic E-state index is 11.9. The Labute approximate surface area is 163 Å². The van der Waals surface area contributed by atoms with Gasteiger partial charge in [0.25, 0.3) is 0 Å². The summed E-state index contributed by atoms with van der Waals surface area (Å²) in [5.74, 6) is -0.189. The fraction of sp³-hybridized carbons (Fsp3) is 0.700. The molecule has 0 aliphatic heterocycles. The number of carbonyl (C=O) groups is 2. The molecule has 2 N–H and O–H groups in total. The van der Waals surface area contributed by atoms with Gasteiger partial charge in [-0.25, -0.2) is 4.79 Å². The van der Waals surface area contributed by atoms with Crippen molar-refractivity contribution in [3.8, 4) is 0 Å². The Morgan fingerprint density at radius 2 is 1.88 bits per heavy atom. The summed E-state index contributed by atoms with van der Waals surface area (Å²) in [6.45, 7) is 15.6. The first-order valence-electron chi connectivity index (χ1n) is 9.30. The van der Waals surface area contributed by atoms with E-state index in [-0.39, 0.29) is 17.9 Å². The molecule has 2 atom stereocenters. The zero-order chi connectivity index (χ0) is 20.7. The van der Waals surface area contributed by atoms with Gasteiger partial charge in [0.15, 0.2) is 0 Å². The van der Waals surface area contributed by atoms with E-state index >= 15 is 0 Å². The van der Waals surface area contributed by atoms with E-state index in [0.29, 0.717) is 23.3 Å². The lowest BCUT2D eigenvalue weighted by Crippen LogP contribution is -2.40. The highest BCUT2D eigenvalue weighted by Gasteiger charge is 2.21. The van der Waals surface area contributed by atoms with E-state index in [1.165, 1.54) is 18.9 Å². The fourth-order valence-electron chi connectivity index (χ4n) is 1.94. The summed E-state index contributed by atoms with van der Waals surface area (Å²) in [5, 5.41) is 14.9. The standard InChI is InChI=1S/C18H31NO4S.C2H6/c1-7-8-9-17(21)19-15(12(2)3)10-16(20)14(5)24-11-13(4)18(22)23-6;1-2/h11-12,15-16,20H,5,7-10H2,1-4,6H3,(H,19,21);1-2H3/b13-11+;. The summed E-state index contributed by atoms with van der Waals surface area (Å²) >= 11 is 1.20.